The molecule has 1 aromatic carbocycles. The van der Waals surface area contributed by atoms with Crippen molar-refractivity contribution in [2.24, 2.45) is 0 Å². The number of benzene rings is 1. The summed E-state index contributed by atoms with van der Waals surface area (Å²) in [4.78, 5) is 14.5. The third kappa shape index (κ3) is 5.99. The van der Waals surface area contributed by atoms with Crippen LogP contribution in [0.4, 0.5) is 5.69 Å². The number of carbonyl (C=O) groups excluding carboxylic acids is 1. The van der Waals surface area contributed by atoms with Gasteiger partial charge < -0.3 is 14.6 Å². The molecule has 27 heavy (non-hydrogen) atoms. The summed E-state index contributed by atoms with van der Waals surface area (Å²) in [7, 11) is 0. The van der Waals surface area contributed by atoms with Crippen molar-refractivity contribution < 1.29 is 9.21 Å². The van der Waals surface area contributed by atoms with Crippen molar-refractivity contribution in [3.05, 3.63) is 24.3 Å². The number of hydrogen-bond donors (Lipinski definition) is 1. The highest BCUT2D eigenvalue weighted by Gasteiger charge is 2.20. The van der Waals surface area contributed by atoms with E-state index in [-0.39, 0.29) is 17.2 Å². The first-order valence-electron chi connectivity index (χ1n) is 9.64. The average Bonchev–Trinajstić information content (AvgIpc) is 3.12. The molecule has 0 radical (unpaired) electrons. The molecule has 1 heterocycles. The van der Waals surface area contributed by atoms with E-state index in [9.17, 15) is 4.79 Å². The van der Waals surface area contributed by atoms with Crippen LogP contribution in [0.2, 0.25) is 0 Å². The van der Waals surface area contributed by atoms with E-state index in [0.29, 0.717) is 11.1 Å². The molecule has 0 fully saturated rings. The molecule has 1 aromatic heterocycles. The van der Waals surface area contributed by atoms with Gasteiger partial charge in [0.25, 0.3) is 5.22 Å². The molecule has 0 saturated heterocycles. The molecule has 6 nitrogen and oxygen atoms in total. The fourth-order valence-corrected chi connectivity index (χ4v) is 3.54. The zero-order valence-corrected chi connectivity index (χ0v) is 17.7. The number of nitrogens with one attached hydrogen (secondary N) is 1. The van der Waals surface area contributed by atoms with Gasteiger partial charge in [0, 0.05) is 30.4 Å². The van der Waals surface area contributed by atoms with Crippen LogP contribution in [0.1, 0.15) is 47.5 Å². The van der Waals surface area contributed by atoms with Crippen molar-refractivity contribution in [2.45, 2.75) is 64.0 Å². The molecule has 7 heteroatoms. The number of thioether (sulfide) groups is 1. The van der Waals surface area contributed by atoms with E-state index < -0.39 is 0 Å². The lowest BCUT2D eigenvalue weighted by Crippen LogP contribution is -2.37. The van der Waals surface area contributed by atoms with Crippen molar-refractivity contribution >= 4 is 23.4 Å². The van der Waals surface area contributed by atoms with E-state index in [4.69, 9.17) is 4.42 Å². The summed E-state index contributed by atoms with van der Waals surface area (Å²) in [5.74, 6) is 0.458. The molecule has 2 atom stereocenters. The highest BCUT2D eigenvalue weighted by Crippen LogP contribution is 2.27. The molecule has 0 bridgehead atoms. The van der Waals surface area contributed by atoms with Crippen LogP contribution in [0.25, 0.3) is 11.5 Å². The highest BCUT2D eigenvalue weighted by molar-refractivity contribution is 8.00. The van der Waals surface area contributed by atoms with Crippen LogP contribution in [-0.2, 0) is 4.79 Å². The zero-order chi connectivity index (χ0) is 19.8. The van der Waals surface area contributed by atoms with Crippen molar-refractivity contribution in [1.82, 2.24) is 15.5 Å². The lowest BCUT2D eigenvalue weighted by Gasteiger charge is -2.20. The predicted octanol–water partition coefficient (Wildman–Crippen LogP) is 4.37. The molecule has 0 aliphatic carbocycles. The van der Waals surface area contributed by atoms with Gasteiger partial charge in [-0.3, -0.25) is 4.79 Å². The Hall–Kier alpha value is -2.02. The molecule has 0 saturated carbocycles. The normalized spacial score (nSPS) is 13.2. The summed E-state index contributed by atoms with van der Waals surface area (Å²) in [5.41, 5.74) is 2.04. The van der Waals surface area contributed by atoms with Crippen LogP contribution in [0, 0.1) is 0 Å². The number of rotatable bonds is 10. The second-order valence-corrected chi connectivity index (χ2v) is 7.84. The third-order valence-corrected chi connectivity index (χ3v) is 5.34. The number of nitrogens with zero attached hydrogens (tertiary/aromatic N) is 3. The van der Waals surface area contributed by atoms with Crippen molar-refractivity contribution in [1.29, 1.82) is 0 Å². The highest BCUT2D eigenvalue weighted by atomic mass is 32.2. The number of hydrogen-bond acceptors (Lipinski definition) is 6. The Morgan fingerprint density at radius 2 is 1.81 bits per heavy atom. The maximum atomic E-state index is 12.2. The van der Waals surface area contributed by atoms with Gasteiger partial charge in [0.15, 0.2) is 0 Å². The van der Waals surface area contributed by atoms with E-state index >= 15 is 0 Å². The SMILES string of the molecule is CCCC(C)NC(=O)C(C)Sc1nnc(-c2ccc(N(CC)CC)cc2)o1. The van der Waals surface area contributed by atoms with Gasteiger partial charge in [0.05, 0.1) is 5.25 Å². The van der Waals surface area contributed by atoms with Crippen LogP contribution < -0.4 is 10.2 Å². The fraction of sp³-hybridized carbons (Fsp3) is 0.550. The monoisotopic (exact) mass is 390 g/mol. The van der Waals surface area contributed by atoms with E-state index in [0.717, 1.165) is 31.5 Å². The summed E-state index contributed by atoms with van der Waals surface area (Å²) in [5, 5.41) is 11.3. The van der Waals surface area contributed by atoms with Gasteiger partial charge >= 0.3 is 0 Å². The standard InChI is InChI=1S/C20H30N4O2S/c1-6-9-14(4)21-18(25)15(5)27-20-23-22-19(26-20)16-10-12-17(13-11-16)24(7-2)8-3/h10-15H,6-9H2,1-5H3,(H,21,25). The van der Waals surface area contributed by atoms with Gasteiger partial charge in [-0.15, -0.1) is 10.2 Å². The Kier molecular flexibility index (Phi) is 8.16. The molecular weight excluding hydrogens is 360 g/mol. The Bertz CT molecular complexity index is 713. The lowest BCUT2D eigenvalue weighted by molar-refractivity contribution is -0.120. The summed E-state index contributed by atoms with van der Waals surface area (Å²) in [6.45, 7) is 12.2. The molecule has 0 aliphatic rings. The van der Waals surface area contributed by atoms with E-state index in [2.05, 4.69) is 53.3 Å². The second kappa shape index (κ2) is 10.3. The summed E-state index contributed by atoms with van der Waals surface area (Å²) < 4.78 is 5.74. The topological polar surface area (TPSA) is 71.3 Å². The van der Waals surface area contributed by atoms with Gasteiger partial charge in [0.1, 0.15) is 0 Å². The summed E-state index contributed by atoms with van der Waals surface area (Å²) in [6.07, 6.45) is 2.01. The van der Waals surface area contributed by atoms with E-state index in [1.807, 2.05) is 26.0 Å². The van der Waals surface area contributed by atoms with Gasteiger partial charge in [-0.25, -0.2) is 0 Å². The smallest absolute Gasteiger partial charge is 0.277 e. The maximum absolute atomic E-state index is 12.2. The van der Waals surface area contributed by atoms with Crippen molar-refractivity contribution in [2.75, 3.05) is 18.0 Å². The molecule has 2 rings (SSSR count). The number of anilines is 1. The first-order valence-corrected chi connectivity index (χ1v) is 10.5. The summed E-state index contributed by atoms with van der Waals surface area (Å²) >= 11 is 1.28. The summed E-state index contributed by atoms with van der Waals surface area (Å²) in [6, 6.07) is 8.26. The van der Waals surface area contributed by atoms with Gasteiger partial charge in [-0.2, -0.15) is 0 Å². The molecule has 2 aromatic rings. The molecule has 0 spiro atoms. The second-order valence-electron chi connectivity index (χ2n) is 6.55. The number of aromatic nitrogens is 2. The molecule has 1 amide bonds. The van der Waals surface area contributed by atoms with Crippen LogP contribution >= 0.6 is 11.8 Å². The first-order chi connectivity index (χ1) is 13.0. The van der Waals surface area contributed by atoms with Crippen LogP contribution in [0.3, 0.4) is 0 Å². The molecular formula is C20H30N4O2S. The van der Waals surface area contributed by atoms with Crippen LogP contribution in [-0.4, -0.2) is 40.5 Å². The Labute approximate surface area is 166 Å². The third-order valence-electron chi connectivity index (χ3n) is 4.41. The van der Waals surface area contributed by atoms with Gasteiger partial charge in [-0.05, 0) is 58.4 Å². The Balaban J connectivity index is 1.98. The average molecular weight is 391 g/mol. The molecule has 2 unspecified atom stereocenters. The van der Waals surface area contributed by atoms with Crippen LogP contribution in [0.15, 0.2) is 33.9 Å². The Morgan fingerprint density at radius 1 is 1.15 bits per heavy atom. The first kappa shape index (κ1) is 21.3. The minimum atomic E-state index is -0.289. The maximum Gasteiger partial charge on any atom is 0.277 e. The van der Waals surface area contributed by atoms with Crippen LogP contribution in [0.5, 0.6) is 0 Å². The Morgan fingerprint density at radius 3 is 2.41 bits per heavy atom. The quantitative estimate of drug-likeness (QED) is 0.608. The van der Waals surface area contributed by atoms with Crippen molar-refractivity contribution in [3.8, 4) is 11.5 Å². The molecule has 1 N–H and O–H groups in total. The van der Waals surface area contributed by atoms with Gasteiger partial charge in [-0.1, -0.05) is 25.1 Å². The minimum Gasteiger partial charge on any atom is -0.411 e. The largest absolute Gasteiger partial charge is 0.411 e. The van der Waals surface area contributed by atoms with Crippen molar-refractivity contribution in [3.63, 3.8) is 0 Å². The fourth-order valence-electron chi connectivity index (χ4n) is 2.85. The zero-order valence-electron chi connectivity index (χ0n) is 16.9. The minimum absolute atomic E-state index is 0.00993. The number of amides is 1. The van der Waals surface area contributed by atoms with E-state index in [1.54, 1.807) is 0 Å². The molecule has 0 aliphatic heterocycles. The van der Waals surface area contributed by atoms with E-state index in [1.165, 1.54) is 17.4 Å². The predicted molar refractivity (Wildman–Crippen MR) is 111 cm³/mol. The molecule has 148 valence electrons. The number of carbonyl (C=O) groups is 1. The van der Waals surface area contributed by atoms with Gasteiger partial charge in [0.2, 0.25) is 11.8 Å². The lowest BCUT2D eigenvalue weighted by atomic mass is 10.2.